The number of ether oxygens (including phenoxy) is 1. The van der Waals surface area contributed by atoms with Crippen molar-refractivity contribution in [2.24, 2.45) is 5.73 Å². The van der Waals surface area contributed by atoms with E-state index in [2.05, 4.69) is 16.6 Å². The van der Waals surface area contributed by atoms with Gasteiger partial charge in [0, 0.05) is 25.1 Å². The molecule has 0 heterocycles. The van der Waals surface area contributed by atoms with Gasteiger partial charge in [-0.1, -0.05) is 31.4 Å². The maximum absolute atomic E-state index is 13.5. The molecule has 1 aromatic rings. The van der Waals surface area contributed by atoms with Gasteiger partial charge >= 0.3 is 6.09 Å². The molecule has 192 valence electrons. The highest BCUT2D eigenvalue weighted by Crippen LogP contribution is 2.23. The van der Waals surface area contributed by atoms with Crippen LogP contribution in [-0.4, -0.2) is 53.4 Å². The van der Waals surface area contributed by atoms with Gasteiger partial charge in [0.1, 0.15) is 17.7 Å². The lowest BCUT2D eigenvalue weighted by Gasteiger charge is -2.32. The standard InChI is InChI=1S/C26H38N4O5/c1-8-10-17(3)28-23(32)22(19-13-11-18(9-2)12-14-19)30(7)24(33)20(15-16-21(27)31)29-25(34)35-26(4,5)6/h2,11-14,17,20,22H,8,10,15-16H2,1,3-7H3,(H2,27,31)(H,28,32)(H,29,34). The second-order valence-electron chi connectivity index (χ2n) is 9.52. The van der Waals surface area contributed by atoms with Crippen LogP contribution in [0.4, 0.5) is 4.79 Å². The van der Waals surface area contributed by atoms with Crippen molar-refractivity contribution in [3.63, 3.8) is 0 Å². The van der Waals surface area contributed by atoms with E-state index in [1.54, 1.807) is 45.0 Å². The van der Waals surface area contributed by atoms with Crippen molar-refractivity contribution < 1.29 is 23.9 Å². The van der Waals surface area contributed by atoms with Crippen molar-refractivity contribution in [1.82, 2.24) is 15.5 Å². The molecule has 9 nitrogen and oxygen atoms in total. The van der Waals surface area contributed by atoms with Gasteiger partial charge in [0.2, 0.25) is 17.7 Å². The lowest BCUT2D eigenvalue weighted by molar-refractivity contribution is -0.141. The first kappa shape index (κ1) is 29.5. The molecule has 0 aliphatic heterocycles. The molecule has 0 bridgehead atoms. The lowest BCUT2D eigenvalue weighted by Crippen LogP contribution is -2.52. The molecule has 0 fully saturated rings. The maximum Gasteiger partial charge on any atom is 0.408 e. The van der Waals surface area contributed by atoms with E-state index in [-0.39, 0.29) is 24.8 Å². The van der Waals surface area contributed by atoms with Crippen LogP contribution in [0.25, 0.3) is 0 Å². The highest BCUT2D eigenvalue weighted by molar-refractivity contribution is 5.92. The Morgan fingerprint density at radius 2 is 1.71 bits per heavy atom. The summed E-state index contributed by atoms with van der Waals surface area (Å²) in [5, 5.41) is 5.46. The average molecular weight is 487 g/mol. The fraction of sp³-hybridized carbons (Fsp3) is 0.538. The zero-order chi connectivity index (χ0) is 26.8. The van der Waals surface area contributed by atoms with Crippen molar-refractivity contribution in [2.45, 2.75) is 84.0 Å². The third-order valence-electron chi connectivity index (χ3n) is 5.16. The minimum Gasteiger partial charge on any atom is -0.444 e. The molecule has 0 saturated carbocycles. The molecule has 3 atom stereocenters. The topological polar surface area (TPSA) is 131 Å². The molecule has 0 radical (unpaired) electrons. The Hall–Kier alpha value is -3.54. The minimum absolute atomic E-state index is 0.0473. The van der Waals surface area contributed by atoms with Crippen LogP contribution < -0.4 is 16.4 Å². The highest BCUT2D eigenvalue weighted by Gasteiger charge is 2.34. The third-order valence-corrected chi connectivity index (χ3v) is 5.16. The third kappa shape index (κ3) is 10.1. The Balaban J connectivity index is 3.29. The molecule has 0 spiro atoms. The molecule has 4 N–H and O–H groups in total. The molecule has 0 aliphatic rings. The van der Waals surface area contributed by atoms with E-state index in [4.69, 9.17) is 16.9 Å². The zero-order valence-electron chi connectivity index (χ0n) is 21.5. The summed E-state index contributed by atoms with van der Waals surface area (Å²) in [4.78, 5) is 51.8. The number of alkyl carbamates (subject to hydrolysis) is 1. The fourth-order valence-corrected chi connectivity index (χ4v) is 3.51. The van der Waals surface area contributed by atoms with Gasteiger partial charge in [0.25, 0.3) is 0 Å². The Kier molecular flexibility index (Phi) is 11.3. The van der Waals surface area contributed by atoms with Gasteiger partial charge in [-0.3, -0.25) is 14.4 Å². The number of amides is 4. The predicted octanol–water partition coefficient (Wildman–Crippen LogP) is 2.63. The normalized spacial score (nSPS) is 13.5. The molecule has 0 saturated heterocycles. The molecule has 4 amide bonds. The molecule has 3 unspecified atom stereocenters. The van der Waals surface area contributed by atoms with Crippen LogP contribution in [0.15, 0.2) is 24.3 Å². The summed E-state index contributed by atoms with van der Waals surface area (Å²) in [5.41, 5.74) is 5.66. The van der Waals surface area contributed by atoms with E-state index in [1.807, 2.05) is 13.8 Å². The Labute approximate surface area is 208 Å². The quantitative estimate of drug-likeness (QED) is 0.414. The molecule has 1 rings (SSSR count). The summed E-state index contributed by atoms with van der Waals surface area (Å²) in [7, 11) is 1.47. The van der Waals surface area contributed by atoms with Gasteiger partial charge in [0.05, 0.1) is 0 Å². The zero-order valence-corrected chi connectivity index (χ0v) is 21.5. The molecule has 9 heteroatoms. The van der Waals surface area contributed by atoms with E-state index in [0.717, 1.165) is 12.8 Å². The fourth-order valence-electron chi connectivity index (χ4n) is 3.51. The predicted molar refractivity (Wildman–Crippen MR) is 134 cm³/mol. The smallest absolute Gasteiger partial charge is 0.408 e. The number of hydrogen-bond donors (Lipinski definition) is 3. The number of nitrogens with zero attached hydrogens (tertiary/aromatic N) is 1. The second kappa shape index (κ2) is 13.4. The first-order valence-electron chi connectivity index (χ1n) is 11.7. The number of primary amides is 1. The van der Waals surface area contributed by atoms with E-state index >= 15 is 0 Å². The summed E-state index contributed by atoms with van der Waals surface area (Å²) < 4.78 is 5.27. The molecular weight excluding hydrogens is 448 g/mol. The summed E-state index contributed by atoms with van der Waals surface area (Å²) >= 11 is 0. The molecule has 0 aliphatic carbocycles. The van der Waals surface area contributed by atoms with Gasteiger partial charge in [-0.05, 0) is 58.2 Å². The van der Waals surface area contributed by atoms with Crippen molar-refractivity contribution in [3.8, 4) is 12.3 Å². The number of terminal acetylenes is 1. The maximum atomic E-state index is 13.5. The highest BCUT2D eigenvalue weighted by atomic mass is 16.6. The van der Waals surface area contributed by atoms with Gasteiger partial charge in [-0.15, -0.1) is 6.42 Å². The van der Waals surface area contributed by atoms with Crippen molar-refractivity contribution in [3.05, 3.63) is 35.4 Å². The van der Waals surface area contributed by atoms with E-state index in [9.17, 15) is 19.2 Å². The van der Waals surface area contributed by atoms with Gasteiger partial charge in [0.15, 0.2) is 0 Å². The number of nitrogens with two attached hydrogens (primary N) is 1. The summed E-state index contributed by atoms with van der Waals surface area (Å²) in [6, 6.07) is 4.52. The van der Waals surface area contributed by atoms with E-state index in [1.165, 1.54) is 11.9 Å². The Morgan fingerprint density at radius 3 is 2.20 bits per heavy atom. The van der Waals surface area contributed by atoms with Crippen LogP contribution in [0.5, 0.6) is 0 Å². The summed E-state index contributed by atoms with van der Waals surface area (Å²) in [6.45, 7) is 8.98. The number of benzene rings is 1. The van der Waals surface area contributed by atoms with Crippen molar-refractivity contribution in [2.75, 3.05) is 7.05 Å². The molecule has 35 heavy (non-hydrogen) atoms. The number of rotatable bonds is 11. The van der Waals surface area contributed by atoms with Crippen LogP contribution in [-0.2, 0) is 19.1 Å². The number of hydrogen-bond acceptors (Lipinski definition) is 5. The lowest BCUT2D eigenvalue weighted by atomic mass is 10.0. The Bertz CT molecular complexity index is 931. The number of nitrogens with one attached hydrogen (secondary N) is 2. The van der Waals surface area contributed by atoms with Gasteiger partial charge < -0.3 is 26.0 Å². The van der Waals surface area contributed by atoms with Crippen LogP contribution in [0.2, 0.25) is 0 Å². The van der Waals surface area contributed by atoms with Crippen molar-refractivity contribution in [1.29, 1.82) is 0 Å². The van der Waals surface area contributed by atoms with E-state index in [0.29, 0.717) is 11.1 Å². The summed E-state index contributed by atoms with van der Waals surface area (Å²) in [5.74, 6) is 0.959. The number of carbonyl (C=O) groups excluding carboxylic acids is 4. The van der Waals surface area contributed by atoms with Crippen molar-refractivity contribution >= 4 is 23.8 Å². The number of carbonyl (C=O) groups is 4. The van der Waals surface area contributed by atoms with Crippen LogP contribution in [0.1, 0.15) is 77.5 Å². The summed E-state index contributed by atoms with van der Waals surface area (Å²) in [6.07, 6.45) is 6.10. The first-order valence-corrected chi connectivity index (χ1v) is 11.7. The minimum atomic E-state index is -1.13. The van der Waals surface area contributed by atoms with E-state index < -0.39 is 35.6 Å². The Morgan fingerprint density at radius 1 is 1.11 bits per heavy atom. The number of likely N-dealkylation sites (N-methyl/N-ethyl adjacent to an activating group) is 1. The van der Waals surface area contributed by atoms with Crippen LogP contribution in [0.3, 0.4) is 0 Å². The average Bonchev–Trinajstić information content (AvgIpc) is 2.75. The first-order chi connectivity index (χ1) is 16.3. The largest absolute Gasteiger partial charge is 0.444 e. The second-order valence-corrected chi connectivity index (χ2v) is 9.52. The monoisotopic (exact) mass is 486 g/mol. The SMILES string of the molecule is C#Cc1ccc(C(C(=O)NC(C)CCC)N(C)C(=O)C(CCC(N)=O)NC(=O)OC(C)(C)C)cc1. The molecule has 1 aromatic carbocycles. The molecular formula is C26H38N4O5. The van der Waals surface area contributed by atoms with Crippen LogP contribution >= 0.6 is 0 Å². The van der Waals surface area contributed by atoms with Gasteiger partial charge in [-0.25, -0.2) is 4.79 Å². The van der Waals surface area contributed by atoms with Crippen LogP contribution in [0, 0.1) is 12.3 Å². The van der Waals surface area contributed by atoms with Gasteiger partial charge in [-0.2, -0.15) is 0 Å². The molecule has 0 aromatic heterocycles.